The number of H-pyrrole nitrogens is 1. The normalized spacial score (nSPS) is 11.0. The van der Waals surface area contributed by atoms with E-state index in [0.717, 1.165) is 22.0 Å². The first-order valence-corrected chi connectivity index (χ1v) is 7.00. The molecule has 4 aromatic rings. The van der Waals surface area contributed by atoms with Crippen LogP contribution in [0.3, 0.4) is 0 Å². The molecule has 0 aliphatic carbocycles. The molecule has 2 aromatic carbocycles. The average molecular weight is 305 g/mol. The van der Waals surface area contributed by atoms with Gasteiger partial charge in [-0.15, -0.1) is 0 Å². The largest absolute Gasteiger partial charge is 0.361 e. The number of nitrogens with zero attached hydrogens (tertiary/aromatic N) is 2. The summed E-state index contributed by atoms with van der Waals surface area (Å²) in [7, 11) is 0. The Hall–Kier alpha value is -3.41. The van der Waals surface area contributed by atoms with Crippen molar-refractivity contribution in [3.05, 3.63) is 70.9 Å². The molecule has 2 aromatic heterocycles. The molecule has 0 amide bonds. The highest BCUT2D eigenvalue weighted by molar-refractivity contribution is 5.84. The van der Waals surface area contributed by atoms with Crippen molar-refractivity contribution in [3.8, 4) is 22.6 Å². The van der Waals surface area contributed by atoms with Gasteiger partial charge >= 0.3 is 0 Å². The summed E-state index contributed by atoms with van der Waals surface area (Å²) < 4.78 is 5.41. The Morgan fingerprint density at radius 3 is 2.57 bits per heavy atom. The Bertz CT molecular complexity index is 999. The second kappa shape index (κ2) is 5.10. The smallest absolute Gasteiger partial charge is 0.269 e. The number of hydrogen-bond donors (Lipinski definition) is 1. The van der Waals surface area contributed by atoms with E-state index in [-0.39, 0.29) is 5.69 Å². The van der Waals surface area contributed by atoms with Gasteiger partial charge in [-0.2, -0.15) is 0 Å². The molecule has 0 radical (unpaired) electrons. The van der Waals surface area contributed by atoms with Crippen molar-refractivity contribution < 1.29 is 9.45 Å². The van der Waals surface area contributed by atoms with Crippen LogP contribution < -0.4 is 0 Å². The van der Waals surface area contributed by atoms with E-state index in [9.17, 15) is 10.1 Å². The number of non-ortho nitro benzene ring substituents is 1. The van der Waals surface area contributed by atoms with Gasteiger partial charge in [0.2, 0.25) is 0 Å². The second-order valence-electron chi connectivity index (χ2n) is 5.16. The highest BCUT2D eigenvalue weighted by Crippen LogP contribution is 2.28. The molecule has 0 aliphatic heterocycles. The van der Waals surface area contributed by atoms with Gasteiger partial charge in [-0.25, -0.2) is 0 Å². The van der Waals surface area contributed by atoms with Crippen LogP contribution in [0.2, 0.25) is 0 Å². The minimum Gasteiger partial charge on any atom is -0.361 e. The summed E-state index contributed by atoms with van der Waals surface area (Å²) in [5, 5.41) is 15.8. The van der Waals surface area contributed by atoms with Crippen LogP contribution in [-0.2, 0) is 0 Å². The van der Waals surface area contributed by atoms with E-state index in [2.05, 4.69) is 10.1 Å². The summed E-state index contributed by atoms with van der Waals surface area (Å²) in [5.41, 5.74) is 3.45. The fourth-order valence-corrected chi connectivity index (χ4v) is 2.51. The molecule has 112 valence electrons. The number of benzene rings is 2. The molecule has 1 N–H and O–H groups in total. The van der Waals surface area contributed by atoms with Crippen LogP contribution in [0, 0.1) is 10.1 Å². The number of hydrogen-bond acceptors (Lipinski definition) is 4. The zero-order chi connectivity index (χ0) is 15.8. The molecule has 23 heavy (non-hydrogen) atoms. The summed E-state index contributed by atoms with van der Waals surface area (Å²) in [6.07, 6.45) is 1.89. The summed E-state index contributed by atoms with van der Waals surface area (Å²) in [6, 6.07) is 16.0. The summed E-state index contributed by atoms with van der Waals surface area (Å²) in [6.45, 7) is 0. The van der Waals surface area contributed by atoms with E-state index in [1.807, 2.05) is 36.5 Å². The van der Waals surface area contributed by atoms with Crippen LogP contribution in [-0.4, -0.2) is 15.1 Å². The number of aromatic amines is 1. The van der Waals surface area contributed by atoms with Crippen molar-refractivity contribution in [1.29, 1.82) is 0 Å². The number of fused-ring (bicyclic) bond motifs is 1. The molecule has 0 atom stereocenters. The standard InChI is InChI=1S/C17H11N3O3/c21-20(22)14-4-1-11(2-5-14)16-10-17(23-19-16)13-3-6-15-12(9-13)7-8-18-15/h1-10,18H. The number of aromatic nitrogens is 2. The van der Waals surface area contributed by atoms with Crippen LogP contribution in [0.4, 0.5) is 5.69 Å². The molecular formula is C17H11N3O3. The van der Waals surface area contributed by atoms with Crippen LogP contribution in [0.25, 0.3) is 33.5 Å². The maximum atomic E-state index is 10.7. The van der Waals surface area contributed by atoms with Gasteiger partial charge in [-0.1, -0.05) is 5.16 Å². The Kier molecular flexibility index (Phi) is 2.94. The number of nitrogens with one attached hydrogen (secondary N) is 1. The van der Waals surface area contributed by atoms with Crippen molar-refractivity contribution in [2.45, 2.75) is 0 Å². The van der Waals surface area contributed by atoms with Crippen molar-refractivity contribution in [3.63, 3.8) is 0 Å². The molecule has 0 saturated heterocycles. The Labute approximate surface area is 130 Å². The predicted octanol–water partition coefficient (Wildman–Crippen LogP) is 4.40. The molecule has 2 heterocycles. The second-order valence-corrected chi connectivity index (χ2v) is 5.16. The van der Waals surface area contributed by atoms with Gasteiger partial charge in [0.05, 0.1) is 4.92 Å². The topological polar surface area (TPSA) is 85.0 Å². The maximum absolute atomic E-state index is 10.7. The van der Waals surface area contributed by atoms with Gasteiger partial charge < -0.3 is 9.51 Å². The van der Waals surface area contributed by atoms with E-state index >= 15 is 0 Å². The van der Waals surface area contributed by atoms with Crippen molar-refractivity contribution in [2.75, 3.05) is 0 Å². The van der Waals surface area contributed by atoms with Gasteiger partial charge in [-0.3, -0.25) is 10.1 Å². The van der Waals surface area contributed by atoms with E-state index in [0.29, 0.717) is 11.5 Å². The molecule has 0 fully saturated rings. The van der Waals surface area contributed by atoms with Crippen LogP contribution in [0.5, 0.6) is 0 Å². The lowest BCUT2D eigenvalue weighted by Crippen LogP contribution is -1.87. The Balaban J connectivity index is 1.69. The minimum atomic E-state index is -0.426. The van der Waals surface area contributed by atoms with Crippen molar-refractivity contribution in [1.82, 2.24) is 10.1 Å². The van der Waals surface area contributed by atoms with Crippen LogP contribution in [0.15, 0.2) is 65.3 Å². The van der Waals surface area contributed by atoms with Gasteiger partial charge in [0, 0.05) is 46.4 Å². The molecule has 4 rings (SSSR count). The SMILES string of the molecule is O=[N+]([O-])c1ccc(-c2cc(-c3ccc4[nH]ccc4c3)on2)cc1. The zero-order valence-corrected chi connectivity index (χ0v) is 11.9. The van der Waals surface area contributed by atoms with E-state index < -0.39 is 4.92 Å². The van der Waals surface area contributed by atoms with Crippen LogP contribution >= 0.6 is 0 Å². The summed E-state index contributed by atoms with van der Waals surface area (Å²) in [5.74, 6) is 0.654. The number of nitro groups is 1. The first-order valence-electron chi connectivity index (χ1n) is 7.00. The lowest BCUT2D eigenvalue weighted by molar-refractivity contribution is -0.384. The number of rotatable bonds is 3. The lowest BCUT2D eigenvalue weighted by atomic mass is 10.1. The molecular weight excluding hydrogens is 294 g/mol. The van der Waals surface area contributed by atoms with Gasteiger partial charge in [0.25, 0.3) is 5.69 Å². The van der Waals surface area contributed by atoms with Crippen molar-refractivity contribution >= 4 is 16.6 Å². The van der Waals surface area contributed by atoms with E-state index in [1.165, 1.54) is 12.1 Å². The molecule has 0 spiro atoms. The third-order valence-corrected chi connectivity index (χ3v) is 3.72. The molecule has 0 aliphatic rings. The highest BCUT2D eigenvalue weighted by atomic mass is 16.6. The first-order chi connectivity index (χ1) is 11.2. The number of nitro benzene ring substituents is 1. The van der Waals surface area contributed by atoms with Gasteiger partial charge in [-0.05, 0) is 36.4 Å². The fourth-order valence-electron chi connectivity index (χ4n) is 2.51. The van der Waals surface area contributed by atoms with Crippen molar-refractivity contribution in [2.24, 2.45) is 0 Å². The molecule has 6 nitrogen and oxygen atoms in total. The fraction of sp³-hybridized carbons (Fsp3) is 0. The van der Waals surface area contributed by atoms with Crippen LogP contribution in [0.1, 0.15) is 0 Å². The Morgan fingerprint density at radius 1 is 1.00 bits per heavy atom. The van der Waals surface area contributed by atoms with Gasteiger partial charge in [0.15, 0.2) is 5.76 Å². The summed E-state index contributed by atoms with van der Waals surface area (Å²) >= 11 is 0. The molecule has 6 heteroatoms. The monoisotopic (exact) mass is 305 g/mol. The summed E-state index contributed by atoms with van der Waals surface area (Å²) in [4.78, 5) is 13.4. The van der Waals surface area contributed by atoms with Gasteiger partial charge in [0.1, 0.15) is 5.69 Å². The third-order valence-electron chi connectivity index (χ3n) is 3.72. The molecule has 0 saturated carbocycles. The maximum Gasteiger partial charge on any atom is 0.269 e. The third kappa shape index (κ3) is 2.36. The predicted molar refractivity (Wildman–Crippen MR) is 85.9 cm³/mol. The highest BCUT2D eigenvalue weighted by Gasteiger charge is 2.11. The Morgan fingerprint density at radius 2 is 1.78 bits per heavy atom. The molecule has 0 bridgehead atoms. The minimum absolute atomic E-state index is 0.0513. The average Bonchev–Trinajstić information content (AvgIpc) is 3.23. The zero-order valence-electron chi connectivity index (χ0n) is 11.9. The first kappa shape index (κ1) is 13.3. The molecule has 0 unspecified atom stereocenters. The lowest BCUT2D eigenvalue weighted by Gasteiger charge is -1.96. The van der Waals surface area contributed by atoms with E-state index in [4.69, 9.17) is 4.52 Å². The van der Waals surface area contributed by atoms with E-state index in [1.54, 1.807) is 12.1 Å². The quantitative estimate of drug-likeness (QED) is 0.449.